The van der Waals surface area contributed by atoms with E-state index in [4.69, 9.17) is 5.73 Å². The first kappa shape index (κ1) is 31.6. The molecule has 0 saturated carbocycles. The average molecular weight is 582 g/mol. The van der Waals surface area contributed by atoms with Crippen LogP contribution in [0.15, 0.2) is 54.7 Å². The number of aromatic hydroxyl groups is 1. The molecule has 42 heavy (non-hydrogen) atoms. The van der Waals surface area contributed by atoms with Gasteiger partial charge in [0, 0.05) is 23.5 Å². The molecule has 2 aromatic carbocycles. The van der Waals surface area contributed by atoms with Gasteiger partial charge in [-0.1, -0.05) is 44.2 Å². The van der Waals surface area contributed by atoms with Crippen LogP contribution in [0, 0.1) is 5.92 Å². The molecule has 3 rings (SSSR count). The van der Waals surface area contributed by atoms with Crippen LogP contribution < -0.4 is 21.7 Å². The molecule has 1 aromatic heterocycles. The van der Waals surface area contributed by atoms with Gasteiger partial charge in [0.1, 0.15) is 23.9 Å². The van der Waals surface area contributed by atoms with E-state index in [0.717, 1.165) is 10.9 Å². The lowest BCUT2D eigenvalue weighted by atomic mass is 10.0. The standard InChI is InChI=1S/C29H35N5O8/c1-15(2)25(29(41)42)34-28(40)22(12-17-14-31-21-6-4-3-5-19(17)21)33-27(39)23(13-24(36)37)32-26(38)20(30)11-16-7-9-18(35)10-8-16/h3-10,14-15,20,22-23,25,31,35H,11-13,30H2,1-2H3,(H,32,38)(H,33,39)(H,34,40)(H,36,37)(H,41,42). The molecule has 0 spiro atoms. The van der Waals surface area contributed by atoms with Crippen LogP contribution in [0.4, 0.5) is 0 Å². The third kappa shape index (κ3) is 8.54. The second-order valence-electron chi connectivity index (χ2n) is 10.3. The van der Waals surface area contributed by atoms with Gasteiger partial charge in [-0.25, -0.2) is 4.79 Å². The number of H-pyrrole nitrogens is 1. The summed E-state index contributed by atoms with van der Waals surface area (Å²) in [7, 11) is 0. The summed E-state index contributed by atoms with van der Waals surface area (Å²) in [6.45, 7) is 3.23. The highest BCUT2D eigenvalue weighted by molar-refractivity contribution is 5.96. The molecule has 9 N–H and O–H groups in total. The van der Waals surface area contributed by atoms with E-state index in [0.29, 0.717) is 11.1 Å². The average Bonchev–Trinajstić information content (AvgIpc) is 3.34. The summed E-state index contributed by atoms with van der Waals surface area (Å²) in [5, 5.41) is 36.5. The summed E-state index contributed by atoms with van der Waals surface area (Å²) in [4.78, 5) is 65.8. The fraction of sp³-hybridized carbons (Fsp3) is 0.345. The maximum absolute atomic E-state index is 13.3. The molecule has 0 aliphatic carbocycles. The molecule has 3 amide bonds. The van der Waals surface area contributed by atoms with Crippen LogP contribution in [0.5, 0.6) is 5.75 Å². The number of aliphatic carboxylic acids is 2. The molecular weight excluding hydrogens is 546 g/mol. The number of phenols is 1. The summed E-state index contributed by atoms with van der Waals surface area (Å²) < 4.78 is 0. The van der Waals surface area contributed by atoms with Gasteiger partial charge in [0.2, 0.25) is 17.7 Å². The van der Waals surface area contributed by atoms with E-state index < -0.39 is 66.2 Å². The maximum atomic E-state index is 13.3. The number of rotatable bonds is 14. The van der Waals surface area contributed by atoms with Crippen LogP contribution in [-0.2, 0) is 36.8 Å². The fourth-order valence-corrected chi connectivity index (χ4v) is 4.41. The van der Waals surface area contributed by atoms with Gasteiger partial charge in [-0.3, -0.25) is 19.2 Å². The second-order valence-corrected chi connectivity index (χ2v) is 10.3. The van der Waals surface area contributed by atoms with Crippen molar-refractivity contribution in [3.05, 3.63) is 65.9 Å². The van der Waals surface area contributed by atoms with Crippen molar-refractivity contribution in [2.45, 2.75) is 57.3 Å². The van der Waals surface area contributed by atoms with Crippen molar-refractivity contribution in [2.24, 2.45) is 11.7 Å². The normalized spacial score (nSPS) is 14.0. The highest BCUT2D eigenvalue weighted by atomic mass is 16.4. The zero-order valence-electron chi connectivity index (χ0n) is 23.2. The van der Waals surface area contributed by atoms with Crippen LogP contribution in [0.1, 0.15) is 31.4 Å². The zero-order valence-corrected chi connectivity index (χ0v) is 23.2. The molecule has 0 fully saturated rings. The molecule has 0 aliphatic rings. The first-order valence-electron chi connectivity index (χ1n) is 13.3. The molecule has 4 unspecified atom stereocenters. The second kappa shape index (κ2) is 14.1. The van der Waals surface area contributed by atoms with Gasteiger partial charge in [-0.15, -0.1) is 0 Å². The first-order chi connectivity index (χ1) is 19.8. The molecule has 0 aliphatic heterocycles. The van der Waals surface area contributed by atoms with Crippen molar-refractivity contribution in [3.8, 4) is 5.75 Å². The van der Waals surface area contributed by atoms with E-state index in [1.165, 1.54) is 12.1 Å². The number of carbonyl (C=O) groups excluding carboxylic acids is 3. The molecule has 0 radical (unpaired) electrons. The van der Waals surface area contributed by atoms with Crippen LogP contribution in [0.2, 0.25) is 0 Å². The summed E-state index contributed by atoms with van der Waals surface area (Å²) in [6.07, 6.45) is 0.854. The lowest BCUT2D eigenvalue weighted by molar-refractivity contribution is -0.144. The number of phenolic OH excluding ortho intramolecular Hbond substituents is 1. The van der Waals surface area contributed by atoms with E-state index in [1.54, 1.807) is 38.2 Å². The van der Waals surface area contributed by atoms with E-state index in [1.807, 2.05) is 18.2 Å². The number of carboxylic acids is 2. The van der Waals surface area contributed by atoms with Crippen LogP contribution in [0.3, 0.4) is 0 Å². The Hall–Kier alpha value is -4.91. The molecule has 13 nitrogen and oxygen atoms in total. The van der Waals surface area contributed by atoms with E-state index in [9.17, 15) is 39.3 Å². The van der Waals surface area contributed by atoms with Crippen LogP contribution in [0.25, 0.3) is 10.9 Å². The monoisotopic (exact) mass is 581 g/mol. The Labute approximate surface area is 241 Å². The van der Waals surface area contributed by atoms with Crippen molar-refractivity contribution in [2.75, 3.05) is 0 Å². The molecular formula is C29H35N5O8. The fourth-order valence-electron chi connectivity index (χ4n) is 4.41. The third-order valence-corrected chi connectivity index (χ3v) is 6.70. The van der Waals surface area contributed by atoms with E-state index in [-0.39, 0.29) is 18.6 Å². The van der Waals surface area contributed by atoms with Gasteiger partial charge in [0.05, 0.1) is 12.5 Å². The highest BCUT2D eigenvalue weighted by Crippen LogP contribution is 2.19. The lowest BCUT2D eigenvalue weighted by Crippen LogP contribution is -2.58. The summed E-state index contributed by atoms with van der Waals surface area (Å²) in [5.74, 6) is -5.62. The van der Waals surface area contributed by atoms with Crippen molar-refractivity contribution >= 4 is 40.6 Å². The number of aromatic amines is 1. The molecule has 0 saturated heterocycles. The SMILES string of the molecule is CC(C)C(NC(=O)C(Cc1c[nH]c2ccccc12)NC(=O)C(CC(=O)O)NC(=O)C(N)Cc1ccc(O)cc1)C(=O)O. The quantitative estimate of drug-likeness (QED) is 0.134. The Balaban J connectivity index is 1.82. The van der Waals surface area contributed by atoms with Crippen molar-refractivity contribution in [1.82, 2.24) is 20.9 Å². The van der Waals surface area contributed by atoms with E-state index in [2.05, 4.69) is 20.9 Å². The number of carboxylic acid groups (broad SMARTS) is 2. The minimum absolute atomic E-state index is 0.0317. The molecule has 224 valence electrons. The van der Waals surface area contributed by atoms with Crippen molar-refractivity contribution < 1.29 is 39.3 Å². The number of aromatic nitrogens is 1. The number of nitrogens with one attached hydrogen (secondary N) is 4. The van der Waals surface area contributed by atoms with Gasteiger partial charge in [-0.2, -0.15) is 0 Å². The highest BCUT2D eigenvalue weighted by Gasteiger charge is 2.32. The summed E-state index contributed by atoms with van der Waals surface area (Å²) in [5.41, 5.74) is 8.05. The Morgan fingerprint density at radius 3 is 2.07 bits per heavy atom. The summed E-state index contributed by atoms with van der Waals surface area (Å²) in [6, 6.07) is 7.96. The molecule has 4 atom stereocenters. The van der Waals surface area contributed by atoms with Crippen LogP contribution in [-0.4, -0.2) is 74.1 Å². The number of carbonyl (C=O) groups is 5. The lowest BCUT2D eigenvalue weighted by Gasteiger charge is -2.25. The number of fused-ring (bicyclic) bond motifs is 1. The van der Waals surface area contributed by atoms with E-state index >= 15 is 0 Å². The zero-order chi connectivity index (χ0) is 31.0. The maximum Gasteiger partial charge on any atom is 0.326 e. The Kier molecular flexibility index (Phi) is 10.6. The molecule has 1 heterocycles. The number of amides is 3. The molecule has 0 bridgehead atoms. The van der Waals surface area contributed by atoms with Gasteiger partial charge in [-0.05, 0) is 41.7 Å². The third-order valence-electron chi connectivity index (χ3n) is 6.70. The number of benzene rings is 2. The topological polar surface area (TPSA) is 224 Å². The minimum atomic E-state index is -1.58. The van der Waals surface area contributed by atoms with Gasteiger partial charge >= 0.3 is 11.9 Å². The van der Waals surface area contributed by atoms with Gasteiger partial charge < -0.3 is 42.0 Å². The minimum Gasteiger partial charge on any atom is -0.508 e. The van der Waals surface area contributed by atoms with Crippen molar-refractivity contribution in [3.63, 3.8) is 0 Å². The number of nitrogens with two attached hydrogens (primary N) is 1. The number of hydrogen-bond acceptors (Lipinski definition) is 7. The predicted octanol–water partition coefficient (Wildman–Crippen LogP) is 0.656. The molecule has 13 heteroatoms. The first-order valence-corrected chi connectivity index (χ1v) is 13.3. The number of para-hydroxylation sites is 1. The van der Waals surface area contributed by atoms with Crippen LogP contribution >= 0.6 is 0 Å². The largest absolute Gasteiger partial charge is 0.508 e. The Bertz CT molecular complexity index is 1440. The van der Waals surface area contributed by atoms with Crippen molar-refractivity contribution in [1.29, 1.82) is 0 Å². The number of hydrogen-bond donors (Lipinski definition) is 8. The Morgan fingerprint density at radius 2 is 1.45 bits per heavy atom. The Morgan fingerprint density at radius 1 is 0.833 bits per heavy atom. The smallest absolute Gasteiger partial charge is 0.326 e. The van der Waals surface area contributed by atoms with Gasteiger partial charge in [0.15, 0.2) is 0 Å². The van der Waals surface area contributed by atoms with Gasteiger partial charge in [0.25, 0.3) is 0 Å². The molecule has 3 aromatic rings. The predicted molar refractivity (Wildman–Crippen MR) is 152 cm³/mol. The summed E-state index contributed by atoms with van der Waals surface area (Å²) >= 11 is 0.